The molecule has 0 saturated heterocycles. The van der Waals surface area contributed by atoms with Gasteiger partial charge in [0, 0.05) is 12.4 Å². The van der Waals surface area contributed by atoms with Crippen molar-refractivity contribution in [3.8, 4) is 5.69 Å². The fraction of sp³-hybridized carbons (Fsp3) is 0.0667. The van der Waals surface area contributed by atoms with E-state index in [1.807, 2.05) is 30.5 Å². The first-order valence-corrected chi connectivity index (χ1v) is 6.23. The molecule has 0 unspecified atom stereocenters. The molecule has 20 heavy (non-hydrogen) atoms. The molecule has 0 spiro atoms. The first-order chi connectivity index (χ1) is 9.84. The van der Waals surface area contributed by atoms with Crippen molar-refractivity contribution in [3.05, 3.63) is 72.7 Å². The summed E-state index contributed by atoms with van der Waals surface area (Å²) in [4.78, 5) is 16.3. The van der Waals surface area contributed by atoms with E-state index in [0.717, 1.165) is 11.4 Å². The number of furan rings is 1. The predicted octanol–water partition coefficient (Wildman–Crippen LogP) is 2.40. The minimum Gasteiger partial charge on any atom is -0.467 e. The van der Waals surface area contributed by atoms with Gasteiger partial charge < -0.3 is 14.3 Å². The Kier molecular flexibility index (Phi) is 3.33. The molecule has 0 bridgehead atoms. The van der Waals surface area contributed by atoms with E-state index >= 15 is 0 Å². The van der Waals surface area contributed by atoms with Crippen LogP contribution < -0.4 is 5.32 Å². The van der Waals surface area contributed by atoms with Crippen molar-refractivity contribution in [2.45, 2.75) is 6.54 Å². The average Bonchev–Trinajstić information content (AvgIpc) is 3.17. The molecule has 0 atom stereocenters. The average molecular weight is 267 g/mol. The number of rotatable bonds is 4. The Bertz CT molecular complexity index is 687. The van der Waals surface area contributed by atoms with Crippen molar-refractivity contribution in [2.24, 2.45) is 0 Å². The first kappa shape index (κ1) is 12.2. The molecule has 0 radical (unpaired) electrons. The van der Waals surface area contributed by atoms with E-state index in [4.69, 9.17) is 4.42 Å². The topological polar surface area (TPSA) is 60.1 Å². The molecule has 3 rings (SSSR count). The van der Waals surface area contributed by atoms with Crippen LogP contribution in [0.5, 0.6) is 0 Å². The molecule has 1 N–H and O–H groups in total. The number of hydrogen-bond acceptors (Lipinski definition) is 3. The maximum atomic E-state index is 12.2. The highest BCUT2D eigenvalue weighted by Crippen LogP contribution is 2.11. The fourth-order valence-electron chi connectivity index (χ4n) is 1.96. The van der Waals surface area contributed by atoms with Gasteiger partial charge in [0.2, 0.25) is 0 Å². The lowest BCUT2D eigenvalue weighted by atomic mass is 10.3. The van der Waals surface area contributed by atoms with Gasteiger partial charge in [0.1, 0.15) is 11.5 Å². The summed E-state index contributed by atoms with van der Waals surface area (Å²) < 4.78 is 6.98. The summed E-state index contributed by atoms with van der Waals surface area (Å²) in [5.41, 5.74) is 1.41. The van der Waals surface area contributed by atoms with Gasteiger partial charge in [-0.3, -0.25) is 9.78 Å². The summed E-state index contributed by atoms with van der Waals surface area (Å²) in [7, 11) is 0. The standard InChI is InChI=1S/C15H13N3O2/c19-15(17-11-13-5-3-9-20-13)14-6-2-8-18(14)12-4-1-7-16-10-12/h1-10H,11H2,(H,17,19). The van der Waals surface area contributed by atoms with Crippen LogP contribution in [0.2, 0.25) is 0 Å². The van der Waals surface area contributed by atoms with E-state index in [2.05, 4.69) is 10.3 Å². The largest absolute Gasteiger partial charge is 0.467 e. The Balaban J connectivity index is 1.77. The lowest BCUT2D eigenvalue weighted by Crippen LogP contribution is -2.24. The highest BCUT2D eigenvalue weighted by Gasteiger charge is 2.12. The SMILES string of the molecule is O=C(NCc1ccco1)c1cccn1-c1cccnc1. The van der Waals surface area contributed by atoms with Crippen LogP contribution >= 0.6 is 0 Å². The zero-order chi connectivity index (χ0) is 13.8. The Morgan fingerprint density at radius 3 is 2.95 bits per heavy atom. The molecule has 0 aromatic carbocycles. The third kappa shape index (κ3) is 2.47. The van der Waals surface area contributed by atoms with Crippen LogP contribution in [0, 0.1) is 0 Å². The monoisotopic (exact) mass is 267 g/mol. The van der Waals surface area contributed by atoms with Gasteiger partial charge in [0.15, 0.2) is 0 Å². The molecule has 3 aromatic heterocycles. The van der Waals surface area contributed by atoms with Crippen molar-refractivity contribution in [1.29, 1.82) is 0 Å². The van der Waals surface area contributed by atoms with Crippen LogP contribution in [0.25, 0.3) is 5.69 Å². The van der Waals surface area contributed by atoms with Crippen LogP contribution in [-0.4, -0.2) is 15.5 Å². The van der Waals surface area contributed by atoms with Gasteiger partial charge in [0.25, 0.3) is 5.91 Å². The van der Waals surface area contributed by atoms with Crippen molar-refractivity contribution in [3.63, 3.8) is 0 Å². The summed E-state index contributed by atoms with van der Waals surface area (Å²) >= 11 is 0. The van der Waals surface area contributed by atoms with Crippen LogP contribution in [0.3, 0.4) is 0 Å². The second kappa shape index (κ2) is 5.44. The summed E-state index contributed by atoms with van der Waals surface area (Å²) in [6, 6.07) is 10.9. The maximum absolute atomic E-state index is 12.2. The fourth-order valence-corrected chi connectivity index (χ4v) is 1.96. The number of nitrogens with zero attached hydrogens (tertiary/aromatic N) is 2. The Labute approximate surface area is 115 Å². The summed E-state index contributed by atoms with van der Waals surface area (Å²) in [5, 5.41) is 2.82. The van der Waals surface area contributed by atoms with E-state index in [-0.39, 0.29) is 5.91 Å². The van der Waals surface area contributed by atoms with Gasteiger partial charge in [0.05, 0.1) is 24.7 Å². The minimum absolute atomic E-state index is 0.157. The summed E-state index contributed by atoms with van der Waals surface area (Å²) in [5.74, 6) is 0.563. The molecule has 1 amide bonds. The number of carbonyl (C=O) groups excluding carboxylic acids is 1. The van der Waals surface area contributed by atoms with Crippen molar-refractivity contribution < 1.29 is 9.21 Å². The van der Waals surface area contributed by atoms with Gasteiger partial charge in [-0.05, 0) is 36.4 Å². The van der Waals surface area contributed by atoms with Crippen molar-refractivity contribution >= 4 is 5.91 Å². The number of aromatic nitrogens is 2. The van der Waals surface area contributed by atoms with E-state index in [1.165, 1.54) is 0 Å². The van der Waals surface area contributed by atoms with Crippen LogP contribution in [0.15, 0.2) is 65.7 Å². The molecule has 0 aliphatic carbocycles. The lowest BCUT2D eigenvalue weighted by Gasteiger charge is -2.08. The summed E-state index contributed by atoms with van der Waals surface area (Å²) in [6.45, 7) is 0.365. The molecule has 100 valence electrons. The highest BCUT2D eigenvalue weighted by atomic mass is 16.3. The van der Waals surface area contributed by atoms with Crippen LogP contribution in [-0.2, 0) is 6.54 Å². The molecular weight excluding hydrogens is 254 g/mol. The number of hydrogen-bond donors (Lipinski definition) is 1. The number of carbonyl (C=O) groups is 1. The first-order valence-electron chi connectivity index (χ1n) is 6.23. The molecule has 0 fully saturated rings. The normalized spacial score (nSPS) is 10.4. The molecule has 0 saturated carbocycles. The molecule has 0 aliphatic rings. The Morgan fingerprint density at radius 2 is 2.20 bits per heavy atom. The highest BCUT2D eigenvalue weighted by molar-refractivity contribution is 5.93. The Morgan fingerprint density at radius 1 is 1.25 bits per heavy atom. The van der Waals surface area contributed by atoms with E-state index in [0.29, 0.717) is 12.2 Å². The van der Waals surface area contributed by atoms with Crippen LogP contribution in [0.4, 0.5) is 0 Å². The smallest absolute Gasteiger partial charge is 0.268 e. The second-order valence-electron chi connectivity index (χ2n) is 4.24. The zero-order valence-corrected chi connectivity index (χ0v) is 10.7. The van der Waals surface area contributed by atoms with Gasteiger partial charge in [-0.2, -0.15) is 0 Å². The van der Waals surface area contributed by atoms with Gasteiger partial charge in [-0.25, -0.2) is 0 Å². The minimum atomic E-state index is -0.157. The molecule has 5 nitrogen and oxygen atoms in total. The van der Waals surface area contributed by atoms with E-state index in [9.17, 15) is 4.79 Å². The molecular formula is C15H13N3O2. The number of pyridine rings is 1. The van der Waals surface area contributed by atoms with Gasteiger partial charge in [-0.1, -0.05) is 0 Å². The van der Waals surface area contributed by atoms with E-state index in [1.54, 1.807) is 35.4 Å². The maximum Gasteiger partial charge on any atom is 0.268 e. The molecule has 0 aliphatic heterocycles. The second-order valence-corrected chi connectivity index (χ2v) is 4.24. The molecule has 3 aromatic rings. The third-order valence-electron chi connectivity index (χ3n) is 2.91. The molecule has 5 heteroatoms. The number of amides is 1. The summed E-state index contributed by atoms with van der Waals surface area (Å²) in [6.07, 6.45) is 6.83. The van der Waals surface area contributed by atoms with Gasteiger partial charge in [-0.15, -0.1) is 0 Å². The van der Waals surface area contributed by atoms with Gasteiger partial charge >= 0.3 is 0 Å². The zero-order valence-electron chi connectivity index (χ0n) is 10.7. The quantitative estimate of drug-likeness (QED) is 0.789. The number of nitrogens with one attached hydrogen (secondary N) is 1. The third-order valence-corrected chi connectivity index (χ3v) is 2.91. The van der Waals surface area contributed by atoms with Crippen molar-refractivity contribution in [1.82, 2.24) is 14.9 Å². The van der Waals surface area contributed by atoms with E-state index < -0.39 is 0 Å². The Hall–Kier alpha value is -2.82. The predicted molar refractivity (Wildman–Crippen MR) is 73.4 cm³/mol. The van der Waals surface area contributed by atoms with Crippen molar-refractivity contribution in [2.75, 3.05) is 0 Å². The molecule has 3 heterocycles. The van der Waals surface area contributed by atoms with Crippen LogP contribution in [0.1, 0.15) is 16.2 Å². The lowest BCUT2D eigenvalue weighted by molar-refractivity contribution is 0.0941.